The summed E-state index contributed by atoms with van der Waals surface area (Å²) in [4.78, 5) is 16.2. The van der Waals surface area contributed by atoms with E-state index in [0.29, 0.717) is 19.5 Å². The van der Waals surface area contributed by atoms with Gasteiger partial charge in [-0.1, -0.05) is 18.2 Å². The van der Waals surface area contributed by atoms with Gasteiger partial charge in [0.1, 0.15) is 0 Å². The highest BCUT2D eigenvalue weighted by Crippen LogP contribution is 2.20. The first-order valence-corrected chi connectivity index (χ1v) is 7.79. The molecule has 1 saturated heterocycles. The average Bonchev–Trinajstić information content (AvgIpc) is 3.07. The molecule has 1 aromatic carbocycles. The molecule has 2 N–H and O–H groups in total. The first-order valence-electron chi connectivity index (χ1n) is 7.79. The predicted octanol–water partition coefficient (Wildman–Crippen LogP) is 2.33. The molecule has 2 heterocycles. The number of pyridine rings is 1. The summed E-state index contributed by atoms with van der Waals surface area (Å²) < 4.78 is 5.49. The SMILES string of the molecule is O=C(CCNc1cccc2cccnc12)NCC1CCCO1. The van der Waals surface area contributed by atoms with Crippen LogP contribution in [-0.4, -0.2) is 36.7 Å². The summed E-state index contributed by atoms with van der Waals surface area (Å²) in [5.74, 6) is 0.0520. The summed E-state index contributed by atoms with van der Waals surface area (Å²) in [6.07, 6.45) is 4.55. The van der Waals surface area contributed by atoms with E-state index >= 15 is 0 Å². The number of fused-ring (bicyclic) bond motifs is 1. The van der Waals surface area contributed by atoms with E-state index in [4.69, 9.17) is 4.74 Å². The van der Waals surface area contributed by atoms with Crippen LogP contribution in [-0.2, 0) is 9.53 Å². The molecule has 0 spiro atoms. The number of carbonyl (C=O) groups excluding carboxylic acids is 1. The maximum Gasteiger partial charge on any atom is 0.221 e. The van der Waals surface area contributed by atoms with E-state index < -0.39 is 0 Å². The largest absolute Gasteiger partial charge is 0.383 e. The van der Waals surface area contributed by atoms with Gasteiger partial charge >= 0.3 is 0 Å². The zero-order valence-corrected chi connectivity index (χ0v) is 12.5. The number of carbonyl (C=O) groups is 1. The van der Waals surface area contributed by atoms with Crippen LogP contribution in [0.5, 0.6) is 0 Å². The van der Waals surface area contributed by atoms with Crippen molar-refractivity contribution in [2.24, 2.45) is 0 Å². The number of rotatable bonds is 6. The number of nitrogens with one attached hydrogen (secondary N) is 2. The first-order chi connectivity index (χ1) is 10.8. The second-order valence-corrected chi connectivity index (χ2v) is 5.50. The second-order valence-electron chi connectivity index (χ2n) is 5.50. The van der Waals surface area contributed by atoms with Crippen molar-refractivity contribution >= 4 is 22.5 Å². The molecule has 1 fully saturated rings. The van der Waals surface area contributed by atoms with Crippen LogP contribution in [0.1, 0.15) is 19.3 Å². The van der Waals surface area contributed by atoms with Gasteiger partial charge in [0.05, 0.1) is 17.3 Å². The zero-order chi connectivity index (χ0) is 15.2. The van der Waals surface area contributed by atoms with Crippen molar-refractivity contribution in [1.29, 1.82) is 0 Å². The number of anilines is 1. The monoisotopic (exact) mass is 299 g/mol. The van der Waals surface area contributed by atoms with Crippen molar-refractivity contribution in [3.8, 4) is 0 Å². The van der Waals surface area contributed by atoms with Crippen LogP contribution in [0.4, 0.5) is 5.69 Å². The Morgan fingerprint density at radius 1 is 1.32 bits per heavy atom. The van der Waals surface area contributed by atoms with E-state index in [1.807, 2.05) is 30.3 Å². The molecule has 116 valence electrons. The average molecular weight is 299 g/mol. The van der Waals surface area contributed by atoms with E-state index in [1.54, 1.807) is 6.20 Å². The third kappa shape index (κ3) is 3.74. The molecule has 0 radical (unpaired) electrons. The molecule has 0 aliphatic carbocycles. The van der Waals surface area contributed by atoms with Gasteiger partial charge in [0, 0.05) is 37.7 Å². The maximum atomic E-state index is 11.8. The predicted molar refractivity (Wildman–Crippen MR) is 86.8 cm³/mol. The second kappa shape index (κ2) is 7.22. The molecule has 0 saturated carbocycles. The quantitative estimate of drug-likeness (QED) is 0.859. The van der Waals surface area contributed by atoms with E-state index in [0.717, 1.165) is 36.0 Å². The van der Waals surface area contributed by atoms with Gasteiger partial charge in [-0.15, -0.1) is 0 Å². The van der Waals surface area contributed by atoms with E-state index in [1.165, 1.54) is 0 Å². The van der Waals surface area contributed by atoms with Crippen LogP contribution >= 0.6 is 0 Å². The van der Waals surface area contributed by atoms with Gasteiger partial charge in [-0.2, -0.15) is 0 Å². The van der Waals surface area contributed by atoms with Crippen molar-refractivity contribution in [2.75, 3.05) is 25.0 Å². The van der Waals surface area contributed by atoms with Gasteiger partial charge in [0.25, 0.3) is 0 Å². The number of benzene rings is 1. The van der Waals surface area contributed by atoms with Gasteiger partial charge in [-0.3, -0.25) is 9.78 Å². The number of hydrogen-bond acceptors (Lipinski definition) is 4. The highest BCUT2D eigenvalue weighted by molar-refractivity contribution is 5.90. The third-order valence-corrected chi connectivity index (χ3v) is 3.85. The Balaban J connectivity index is 1.46. The molecule has 5 nitrogen and oxygen atoms in total. The topological polar surface area (TPSA) is 63.2 Å². The number of aromatic nitrogens is 1. The summed E-state index contributed by atoms with van der Waals surface area (Å²) in [5, 5.41) is 7.31. The number of amides is 1. The van der Waals surface area contributed by atoms with Gasteiger partial charge in [-0.05, 0) is 25.0 Å². The minimum atomic E-state index is 0.0520. The van der Waals surface area contributed by atoms with Crippen LogP contribution in [0, 0.1) is 0 Å². The molecular weight excluding hydrogens is 278 g/mol. The van der Waals surface area contributed by atoms with Crippen LogP contribution in [0.15, 0.2) is 36.5 Å². The highest BCUT2D eigenvalue weighted by Gasteiger charge is 2.15. The molecule has 1 aliphatic heterocycles. The molecule has 1 unspecified atom stereocenters. The maximum absolute atomic E-state index is 11.8. The molecule has 22 heavy (non-hydrogen) atoms. The Morgan fingerprint density at radius 2 is 2.23 bits per heavy atom. The Morgan fingerprint density at radius 3 is 3.09 bits per heavy atom. The van der Waals surface area contributed by atoms with Crippen molar-refractivity contribution in [2.45, 2.75) is 25.4 Å². The fourth-order valence-electron chi connectivity index (χ4n) is 2.68. The lowest BCUT2D eigenvalue weighted by Crippen LogP contribution is -2.32. The molecule has 0 bridgehead atoms. The Bertz CT molecular complexity index is 633. The van der Waals surface area contributed by atoms with E-state index in [9.17, 15) is 4.79 Å². The number of ether oxygens (including phenoxy) is 1. The molecule has 1 atom stereocenters. The molecule has 5 heteroatoms. The number of para-hydroxylation sites is 1. The summed E-state index contributed by atoms with van der Waals surface area (Å²) in [6.45, 7) is 2.03. The fraction of sp³-hybridized carbons (Fsp3) is 0.412. The molecule has 1 amide bonds. The molecule has 1 aliphatic rings. The Hall–Kier alpha value is -2.14. The Kier molecular flexibility index (Phi) is 4.85. The van der Waals surface area contributed by atoms with Gasteiger partial charge < -0.3 is 15.4 Å². The van der Waals surface area contributed by atoms with Gasteiger partial charge in [0.15, 0.2) is 0 Å². The lowest BCUT2D eigenvalue weighted by atomic mass is 10.2. The fourth-order valence-corrected chi connectivity index (χ4v) is 2.68. The van der Waals surface area contributed by atoms with Gasteiger partial charge in [0.2, 0.25) is 5.91 Å². The lowest BCUT2D eigenvalue weighted by molar-refractivity contribution is -0.121. The van der Waals surface area contributed by atoms with Crippen LogP contribution < -0.4 is 10.6 Å². The highest BCUT2D eigenvalue weighted by atomic mass is 16.5. The van der Waals surface area contributed by atoms with E-state index in [-0.39, 0.29) is 12.0 Å². The summed E-state index contributed by atoms with van der Waals surface area (Å²) in [7, 11) is 0. The van der Waals surface area contributed by atoms with Crippen molar-refractivity contribution in [3.05, 3.63) is 36.5 Å². The van der Waals surface area contributed by atoms with Crippen molar-refractivity contribution in [3.63, 3.8) is 0 Å². The Labute approximate surface area is 130 Å². The lowest BCUT2D eigenvalue weighted by Gasteiger charge is -2.12. The van der Waals surface area contributed by atoms with Crippen LogP contribution in [0.3, 0.4) is 0 Å². The number of nitrogens with zero attached hydrogens (tertiary/aromatic N) is 1. The summed E-state index contributed by atoms with van der Waals surface area (Å²) in [6, 6.07) is 9.96. The smallest absolute Gasteiger partial charge is 0.221 e. The van der Waals surface area contributed by atoms with Crippen molar-refractivity contribution < 1.29 is 9.53 Å². The zero-order valence-electron chi connectivity index (χ0n) is 12.5. The standard InChI is InChI=1S/C17H21N3O2/c21-16(20-12-14-6-3-11-22-14)8-10-18-15-7-1-4-13-5-2-9-19-17(13)15/h1-2,4-5,7,9,14,18H,3,6,8,10-12H2,(H,20,21). The molecular formula is C17H21N3O2. The molecule has 1 aromatic heterocycles. The van der Waals surface area contributed by atoms with Crippen LogP contribution in [0.2, 0.25) is 0 Å². The minimum Gasteiger partial charge on any atom is -0.383 e. The normalized spacial score (nSPS) is 17.5. The van der Waals surface area contributed by atoms with Crippen molar-refractivity contribution in [1.82, 2.24) is 10.3 Å². The minimum absolute atomic E-state index is 0.0520. The first kappa shape index (κ1) is 14.8. The van der Waals surface area contributed by atoms with Crippen LogP contribution in [0.25, 0.3) is 10.9 Å². The summed E-state index contributed by atoms with van der Waals surface area (Å²) >= 11 is 0. The third-order valence-electron chi connectivity index (χ3n) is 3.85. The number of hydrogen-bond donors (Lipinski definition) is 2. The van der Waals surface area contributed by atoms with E-state index in [2.05, 4.69) is 15.6 Å². The molecule has 3 rings (SSSR count). The molecule has 2 aromatic rings. The summed E-state index contributed by atoms with van der Waals surface area (Å²) in [5.41, 5.74) is 1.90. The van der Waals surface area contributed by atoms with Gasteiger partial charge in [-0.25, -0.2) is 0 Å².